The van der Waals surface area contributed by atoms with Gasteiger partial charge in [-0.25, -0.2) is 0 Å². The van der Waals surface area contributed by atoms with Crippen LogP contribution in [0.25, 0.3) is 0 Å². The molecule has 21 heavy (non-hydrogen) atoms. The summed E-state index contributed by atoms with van der Waals surface area (Å²) < 4.78 is 16.1. The van der Waals surface area contributed by atoms with E-state index in [2.05, 4.69) is 17.3 Å². The molecule has 1 atom stereocenters. The lowest BCUT2D eigenvalue weighted by Crippen LogP contribution is -2.32. The van der Waals surface area contributed by atoms with E-state index >= 15 is 0 Å². The maximum absolute atomic E-state index is 5.39. The van der Waals surface area contributed by atoms with Crippen molar-refractivity contribution in [1.82, 2.24) is 10.2 Å². The highest BCUT2D eigenvalue weighted by Crippen LogP contribution is 2.38. The molecule has 1 aliphatic rings. The molecule has 1 saturated heterocycles. The first kappa shape index (κ1) is 17.9. The standard InChI is InChI=1S/C15H24N2O3.ClH/c1-17(12-5-6-16-9-12)10-11-7-13(18-2)15(20-4)14(8-11)19-3;/h7-8,12,16H,5-6,9-10H2,1-4H3;1H. The number of rotatable bonds is 6. The van der Waals surface area contributed by atoms with Crippen molar-refractivity contribution in [2.45, 2.75) is 19.0 Å². The molecular weight excluding hydrogens is 292 g/mol. The van der Waals surface area contributed by atoms with E-state index in [0.29, 0.717) is 23.3 Å². The van der Waals surface area contributed by atoms with Gasteiger partial charge in [0.1, 0.15) is 0 Å². The Hall–Kier alpha value is -1.17. The van der Waals surface area contributed by atoms with Gasteiger partial charge in [0, 0.05) is 19.1 Å². The summed E-state index contributed by atoms with van der Waals surface area (Å²) in [4.78, 5) is 2.36. The normalized spacial score (nSPS) is 17.5. The van der Waals surface area contributed by atoms with E-state index in [9.17, 15) is 0 Å². The van der Waals surface area contributed by atoms with E-state index in [1.807, 2.05) is 12.1 Å². The van der Waals surface area contributed by atoms with E-state index in [1.54, 1.807) is 21.3 Å². The third-order valence-corrected chi connectivity index (χ3v) is 3.81. The predicted octanol–water partition coefficient (Wildman–Crippen LogP) is 1.93. The van der Waals surface area contributed by atoms with Crippen LogP contribution >= 0.6 is 12.4 Å². The van der Waals surface area contributed by atoms with Crippen LogP contribution in [0.2, 0.25) is 0 Å². The van der Waals surface area contributed by atoms with Crippen LogP contribution in [0.4, 0.5) is 0 Å². The van der Waals surface area contributed by atoms with Crippen molar-refractivity contribution < 1.29 is 14.2 Å². The van der Waals surface area contributed by atoms with Crippen molar-refractivity contribution >= 4 is 12.4 Å². The zero-order chi connectivity index (χ0) is 14.5. The monoisotopic (exact) mass is 316 g/mol. The Balaban J connectivity index is 0.00000220. The molecule has 0 aromatic heterocycles. The van der Waals surface area contributed by atoms with Gasteiger partial charge in [0.25, 0.3) is 0 Å². The fourth-order valence-corrected chi connectivity index (χ4v) is 2.66. The number of methoxy groups -OCH3 is 3. The molecule has 1 aliphatic heterocycles. The molecule has 120 valence electrons. The van der Waals surface area contributed by atoms with Gasteiger partial charge < -0.3 is 19.5 Å². The van der Waals surface area contributed by atoms with Crippen molar-refractivity contribution in [3.05, 3.63) is 17.7 Å². The molecule has 0 saturated carbocycles. The average molecular weight is 317 g/mol. The number of likely N-dealkylation sites (N-methyl/N-ethyl adjacent to an activating group) is 1. The fraction of sp³-hybridized carbons (Fsp3) is 0.600. The molecule has 1 fully saturated rings. The van der Waals surface area contributed by atoms with Crippen LogP contribution in [0.15, 0.2) is 12.1 Å². The van der Waals surface area contributed by atoms with Crippen molar-refractivity contribution in [2.24, 2.45) is 0 Å². The highest BCUT2D eigenvalue weighted by Gasteiger charge is 2.20. The van der Waals surface area contributed by atoms with Gasteiger partial charge in [-0.05, 0) is 37.7 Å². The fourth-order valence-electron chi connectivity index (χ4n) is 2.66. The minimum atomic E-state index is 0. The molecule has 0 radical (unpaired) electrons. The summed E-state index contributed by atoms with van der Waals surface area (Å²) in [6, 6.07) is 4.62. The molecule has 1 aromatic rings. The zero-order valence-electron chi connectivity index (χ0n) is 13.1. The first-order valence-electron chi connectivity index (χ1n) is 6.89. The second-order valence-corrected chi connectivity index (χ2v) is 5.10. The Labute approximate surface area is 133 Å². The molecule has 1 heterocycles. The topological polar surface area (TPSA) is 43.0 Å². The number of halogens is 1. The van der Waals surface area contributed by atoms with Crippen LogP contribution < -0.4 is 19.5 Å². The number of hydrogen-bond acceptors (Lipinski definition) is 5. The first-order chi connectivity index (χ1) is 9.69. The lowest BCUT2D eigenvalue weighted by atomic mass is 10.1. The summed E-state index contributed by atoms with van der Waals surface area (Å²) in [5.41, 5.74) is 1.16. The summed E-state index contributed by atoms with van der Waals surface area (Å²) in [6.07, 6.45) is 1.20. The van der Waals surface area contributed by atoms with Gasteiger partial charge in [-0.2, -0.15) is 0 Å². The molecule has 5 nitrogen and oxygen atoms in total. The Morgan fingerprint density at radius 1 is 1.14 bits per heavy atom. The van der Waals surface area contributed by atoms with Gasteiger partial charge in [0.15, 0.2) is 11.5 Å². The van der Waals surface area contributed by atoms with E-state index in [4.69, 9.17) is 14.2 Å². The maximum atomic E-state index is 5.39. The molecule has 1 N–H and O–H groups in total. The molecular formula is C15H25ClN2O3. The first-order valence-corrected chi connectivity index (χ1v) is 6.89. The Morgan fingerprint density at radius 3 is 2.19 bits per heavy atom. The summed E-state index contributed by atoms with van der Waals surface area (Å²) in [7, 11) is 7.06. The Bertz CT molecular complexity index is 426. The molecule has 0 aliphatic carbocycles. The Kier molecular flexibility index (Phi) is 7.08. The third-order valence-electron chi connectivity index (χ3n) is 3.81. The van der Waals surface area contributed by atoms with Crippen molar-refractivity contribution in [1.29, 1.82) is 0 Å². The molecule has 0 spiro atoms. The Morgan fingerprint density at radius 2 is 1.76 bits per heavy atom. The SMILES string of the molecule is COc1cc(CN(C)C2CCNC2)cc(OC)c1OC.Cl. The smallest absolute Gasteiger partial charge is 0.203 e. The molecule has 1 aromatic carbocycles. The van der Waals surface area contributed by atoms with Crippen LogP contribution in [0.3, 0.4) is 0 Å². The largest absolute Gasteiger partial charge is 0.493 e. The number of nitrogens with one attached hydrogen (secondary N) is 1. The van der Waals surface area contributed by atoms with Gasteiger partial charge in [-0.15, -0.1) is 12.4 Å². The second kappa shape index (κ2) is 8.32. The lowest BCUT2D eigenvalue weighted by molar-refractivity contribution is 0.247. The van der Waals surface area contributed by atoms with Gasteiger partial charge in [-0.3, -0.25) is 4.90 Å². The van der Waals surface area contributed by atoms with Gasteiger partial charge in [0.2, 0.25) is 5.75 Å². The van der Waals surface area contributed by atoms with E-state index < -0.39 is 0 Å². The summed E-state index contributed by atoms with van der Waals surface area (Å²) >= 11 is 0. The molecule has 0 bridgehead atoms. The van der Waals surface area contributed by atoms with E-state index in [1.165, 1.54) is 6.42 Å². The molecule has 1 unspecified atom stereocenters. The average Bonchev–Trinajstić information content (AvgIpc) is 3.00. The highest BCUT2D eigenvalue weighted by molar-refractivity contribution is 5.85. The number of ether oxygens (including phenoxy) is 3. The minimum Gasteiger partial charge on any atom is -0.493 e. The number of hydrogen-bond donors (Lipinski definition) is 1. The quantitative estimate of drug-likeness (QED) is 0.868. The number of benzene rings is 1. The highest BCUT2D eigenvalue weighted by atomic mass is 35.5. The van der Waals surface area contributed by atoms with Crippen LogP contribution in [-0.4, -0.2) is 52.4 Å². The minimum absolute atomic E-state index is 0. The van der Waals surface area contributed by atoms with Crippen molar-refractivity contribution in [3.63, 3.8) is 0 Å². The van der Waals surface area contributed by atoms with Crippen molar-refractivity contribution in [3.8, 4) is 17.2 Å². The molecule has 2 rings (SSSR count). The van der Waals surface area contributed by atoms with Crippen molar-refractivity contribution in [2.75, 3.05) is 41.5 Å². The van der Waals surface area contributed by atoms with E-state index in [0.717, 1.165) is 25.2 Å². The van der Waals surface area contributed by atoms with Gasteiger partial charge >= 0.3 is 0 Å². The van der Waals surface area contributed by atoms with E-state index in [-0.39, 0.29) is 12.4 Å². The van der Waals surface area contributed by atoms with Crippen LogP contribution in [-0.2, 0) is 6.54 Å². The second-order valence-electron chi connectivity index (χ2n) is 5.10. The van der Waals surface area contributed by atoms with Gasteiger partial charge in [-0.1, -0.05) is 0 Å². The summed E-state index contributed by atoms with van der Waals surface area (Å²) in [6.45, 7) is 3.02. The zero-order valence-corrected chi connectivity index (χ0v) is 14.0. The summed E-state index contributed by atoms with van der Waals surface area (Å²) in [5.74, 6) is 2.06. The summed E-state index contributed by atoms with van der Waals surface area (Å²) in [5, 5.41) is 3.39. The van der Waals surface area contributed by atoms with Crippen LogP contribution in [0.5, 0.6) is 17.2 Å². The predicted molar refractivity (Wildman–Crippen MR) is 86.1 cm³/mol. The van der Waals surface area contributed by atoms with Crippen LogP contribution in [0.1, 0.15) is 12.0 Å². The third kappa shape index (κ3) is 4.15. The van der Waals surface area contributed by atoms with Crippen LogP contribution in [0, 0.1) is 0 Å². The maximum Gasteiger partial charge on any atom is 0.203 e. The van der Waals surface area contributed by atoms with Gasteiger partial charge in [0.05, 0.1) is 21.3 Å². The lowest BCUT2D eigenvalue weighted by Gasteiger charge is -2.24. The number of nitrogens with zero attached hydrogens (tertiary/aromatic N) is 1. The molecule has 6 heteroatoms. The molecule has 0 amide bonds.